The molecule has 0 aromatic heterocycles. The van der Waals surface area contributed by atoms with E-state index in [4.69, 9.17) is 28.4 Å². The minimum atomic E-state index is 0.0899. The Morgan fingerprint density at radius 2 is 0.810 bits per heavy atom. The molecule has 0 aliphatic carbocycles. The third-order valence-electron chi connectivity index (χ3n) is 3.34. The van der Waals surface area contributed by atoms with Gasteiger partial charge in [0.15, 0.2) is 0 Å². The molecular formula is C14H27NO6. The fourth-order valence-corrected chi connectivity index (χ4v) is 2.24. The summed E-state index contributed by atoms with van der Waals surface area (Å²) in [6.45, 7) is 7.43. The van der Waals surface area contributed by atoms with Crippen molar-refractivity contribution in [3.05, 3.63) is 0 Å². The molecule has 0 aromatic carbocycles. The maximum absolute atomic E-state index is 5.80. The summed E-state index contributed by atoms with van der Waals surface area (Å²) < 4.78 is 33.3. The van der Waals surface area contributed by atoms with E-state index in [9.17, 15) is 0 Å². The van der Waals surface area contributed by atoms with E-state index in [-0.39, 0.29) is 12.2 Å². The van der Waals surface area contributed by atoms with Gasteiger partial charge in [-0.15, -0.1) is 0 Å². The molecule has 2 aliphatic rings. The topological polar surface area (TPSA) is 67.4 Å². The molecule has 0 aromatic rings. The van der Waals surface area contributed by atoms with Crippen molar-refractivity contribution in [1.82, 2.24) is 5.32 Å². The fourth-order valence-electron chi connectivity index (χ4n) is 2.24. The van der Waals surface area contributed by atoms with Crippen LogP contribution in [0.2, 0.25) is 0 Å². The van der Waals surface area contributed by atoms with Crippen molar-refractivity contribution in [1.29, 1.82) is 0 Å². The van der Waals surface area contributed by atoms with Crippen LogP contribution >= 0.6 is 0 Å². The van der Waals surface area contributed by atoms with E-state index < -0.39 is 0 Å². The van der Waals surface area contributed by atoms with E-state index in [1.54, 1.807) is 0 Å². The molecule has 0 radical (unpaired) electrons. The Morgan fingerprint density at radius 1 is 0.476 bits per heavy atom. The maximum Gasteiger partial charge on any atom is 0.0974 e. The first kappa shape index (κ1) is 17.1. The van der Waals surface area contributed by atoms with E-state index >= 15 is 0 Å². The monoisotopic (exact) mass is 305 g/mol. The first-order valence-corrected chi connectivity index (χ1v) is 7.72. The van der Waals surface area contributed by atoms with Crippen LogP contribution in [-0.4, -0.2) is 91.4 Å². The van der Waals surface area contributed by atoms with Crippen LogP contribution in [0.15, 0.2) is 0 Å². The minimum absolute atomic E-state index is 0.0899. The van der Waals surface area contributed by atoms with Crippen molar-refractivity contribution in [2.45, 2.75) is 12.2 Å². The summed E-state index contributed by atoms with van der Waals surface area (Å²) in [5.41, 5.74) is 0. The number of fused-ring (bicyclic) bond motifs is 1. The normalized spacial score (nSPS) is 32.0. The highest BCUT2D eigenvalue weighted by atomic mass is 16.6. The van der Waals surface area contributed by atoms with Crippen molar-refractivity contribution in [2.24, 2.45) is 0 Å². The Morgan fingerprint density at radius 3 is 1.19 bits per heavy atom. The van der Waals surface area contributed by atoms with E-state index in [0.717, 1.165) is 13.1 Å². The van der Waals surface area contributed by atoms with Crippen molar-refractivity contribution in [3.8, 4) is 0 Å². The van der Waals surface area contributed by atoms with Gasteiger partial charge in [0.1, 0.15) is 0 Å². The van der Waals surface area contributed by atoms with E-state index in [0.29, 0.717) is 66.1 Å². The van der Waals surface area contributed by atoms with Gasteiger partial charge in [0, 0.05) is 13.1 Å². The van der Waals surface area contributed by atoms with Crippen molar-refractivity contribution >= 4 is 0 Å². The van der Waals surface area contributed by atoms with Gasteiger partial charge in [-0.25, -0.2) is 0 Å². The van der Waals surface area contributed by atoms with Crippen LogP contribution in [0.4, 0.5) is 0 Å². The van der Waals surface area contributed by atoms with Gasteiger partial charge >= 0.3 is 0 Å². The van der Waals surface area contributed by atoms with Crippen molar-refractivity contribution in [2.75, 3.05) is 79.2 Å². The second kappa shape index (κ2) is 11.3. The van der Waals surface area contributed by atoms with Gasteiger partial charge in [-0.3, -0.25) is 0 Å². The Balaban J connectivity index is 1.65. The Bertz CT molecular complexity index is 232. The number of hydrogen-bond donors (Lipinski definition) is 1. The highest BCUT2D eigenvalue weighted by molar-refractivity contribution is 4.83. The first-order valence-electron chi connectivity index (χ1n) is 7.72. The highest BCUT2D eigenvalue weighted by Crippen LogP contribution is 2.09. The average molecular weight is 305 g/mol. The lowest BCUT2D eigenvalue weighted by atomic mass is 10.2. The van der Waals surface area contributed by atoms with Gasteiger partial charge in [0.2, 0.25) is 0 Å². The third kappa shape index (κ3) is 7.51. The molecule has 2 heterocycles. The summed E-state index contributed by atoms with van der Waals surface area (Å²) in [5, 5.41) is 3.28. The molecule has 2 saturated heterocycles. The van der Waals surface area contributed by atoms with Gasteiger partial charge in [-0.1, -0.05) is 0 Å². The second-order valence-corrected chi connectivity index (χ2v) is 4.93. The van der Waals surface area contributed by atoms with Crippen LogP contribution in [0.25, 0.3) is 0 Å². The highest BCUT2D eigenvalue weighted by Gasteiger charge is 2.28. The first-order chi connectivity index (χ1) is 10.5. The zero-order valence-corrected chi connectivity index (χ0v) is 12.6. The standard InChI is InChI=1S/C14H27NO6/c1-2-17-4-6-19-8-10-21-14-12-15-11-13(14)20-9-7-18-5-3-16-1/h13-15H,1-12H2/t13-,14-/m0/s1. The van der Waals surface area contributed by atoms with Gasteiger partial charge in [0.05, 0.1) is 78.3 Å². The van der Waals surface area contributed by atoms with Crippen LogP contribution < -0.4 is 5.32 Å². The molecule has 0 amide bonds. The Hall–Kier alpha value is -0.280. The van der Waals surface area contributed by atoms with E-state index in [1.165, 1.54) is 0 Å². The maximum atomic E-state index is 5.80. The summed E-state index contributed by atoms with van der Waals surface area (Å²) in [6.07, 6.45) is 0.180. The lowest BCUT2D eigenvalue weighted by molar-refractivity contribution is -0.0794. The molecular weight excluding hydrogens is 278 g/mol. The molecule has 2 atom stereocenters. The third-order valence-corrected chi connectivity index (χ3v) is 3.34. The molecule has 7 nitrogen and oxygen atoms in total. The van der Waals surface area contributed by atoms with Crippen LogP contribution in [0.5, 0.6) is 0 Å². The summed E-state index contributed by atoms with van der Waals surface area (Å²) in [6, 6.07) is 0. The van der Waals surface area contributed by atoms with E-state index in [2.05, 4.69) is 5.32 Å². The van der Waals surface area contributed by atoms with Crippen LogP contribution in [0, 0.1) is 0 Å². The average Bonchev–Trinajstić information content (AvgIpc) is 2.93. The lowest BCUT2D eigenvalue weighted by Crippen LogP contribution is -2.32. The van der Waals surface area contributed by atoms with Crippen LogP contribution in [0.3, 0.4) is 0 Å². The molecule has 0 spiro atoms. The smallest absolute Gasteiger partial charge is 0.0974 e. The number of ether oxygens (including phenoxy) is 6. The fraction of sp³-hybridized carbons (Fsp3) is 1.00. The number of nitrogens with one attached hydrogen (secondary N) is 1. The Labute approximate surface area is 126 Å². The van der Waals surface area contributed by atoms with Gasteiger partial charge < -0.3 is 33.7 Å². The molecule has 21 heavy (non-hydrogen) atoms. The molecule has 2 rings (SSSR count). The minimum Gasteiger partial charge on any atom is -0.377 e. The van der Waals surface area contributed by atoms with Crippen molar-refractivity contribution in [3.63, 3.8) is 0 Å². The molecule has 0 saturated carbocycles. The molecule has 1 N–H and O–H groups in total. The van der Waals surface area contributed by atoms with Gasteiger partial charge in [-0.2, -0.15) is 0 Å². The lowest BCUT2D eigenvalue weighted by Gasteiger charge is -2.20. The second-order valence-electron chi connectivity index (χ2n) is 4.93. The number of hydrogen-bond acceptors (Lipinski definition) is 7. The Kier molecular flexibility index (Phi) is 9.20. The molecule has 2 fully saturated rings. The van der Waals surface area contributed by atoms with Gasteiger partial charge in [0.25, 0.3) is 0 Å². The number of rotatable bonds is 0. The zero-order valence-electron chi connectivity index (χ0n) is 12.6. The molecule has 0 unspecified atom stereocenters. The summed E-state index contributed by atoms with van der Waals surface area (Å²) >= 11 is 0. The molecule has 2 aliphatic heterocycles. The zero-order chi connectivity index (χ0) is 14.6. The molecule has 124 valence electrons. The van der Waals surface area contributed by atoms with E-state index in [1.807, 2.05) is 0 Å². The summed E-state index contributed by atoms with van der Waals surface area (Å²) in [4.78, 5) is 0. The molecule has 0 bridgehead atoms. The van der Waals surface area contributed by atoms with Crippen molar-refractivity contribution < 1.29 is 28.4 Å². The molecule has 7 heteroatoms. The SMILES string of the molecule is C1COCCOCCO[C@H]2CNC[C@@H]2OCCOCCO1. The van der Waals surface area contributed by atoms with Crippen LogP contribution in [0.1, 0.15) is 0 Å². The largest absolute Gasteiger partial charge is 0.377 e. The van der Waals surface area contributed by atoms with Gasteiger partial charge in [-0.05, 0) is 0 Å². The summed E-state index contributed by atoms with van der Waals surface area (Å²) in [5.74, 6) is 0. The predicted octanol–water partition coefficient (Wildman–Crippen LogP) is -0.560. The quantitative estimate of drug-likeness (QED) is 0.643. The predicted molar refractivity (Wildman–Crippen MR) is 75.6 cm³/mol. The van der Waals surface area contributed by atoms with Crippen LogP contribution in [-0.2, 0) is 28.4 Å². The summed E-state index contributed by atoms with van der Waals surface area (Å²) in [7, 11) is 0.